The van der Waals surface area contributed by atoms with Crippen LogP contribution in [0.4, 0.5) is 0 Å². The first-order chi connectivity index (χ1) is 41.6. The first kappa shape index (κ1) is 80.2. The van der Waals surface area contributed by atoms with Gasteiger partial charge in [0.1, 0.15) is 18.8 Å². The van der Waals surface area contributed by atoms with Gasteiger partial charge in [-0.2, -0.15) is 0 Å². The van der Waals surface area contributed by atoms with Crippen LogP contribution in [0.3, 0.4) is 0 Å². The van der Waals surface area contributed by atoms with E-state index < -0.39 is 67.3 Å². The maximum absolute atomic E-state index is 13.2. The van der Waals surface area contributed by atoms with Crippen LogP contribution in [0, 0.1) is 0 Å². The minimum Gasteiger partial charge on any atom is -0.479 e. The monoisotopic (exact) mass is 1200 g/mol. The van der Waals surface area contributed by atoms with Gasteiger partial charge in [-0.1, -0.05) is 302 Å². The average Bonchev–Trinajstić information content (AvgIpc) is 3.51. The molecule has 0 aromatic rings. The van der Waals surface area contributed by atoms with Crippen molar-refractivity contribution < 1.29 is 58.2 Å². The number of hydrogen-bond donors (Lipinski definition) is 3. The van der Waals surface area contributed by atoms with E-state index >= 15 is 0 Å². The molecule has 0 aliphatic carbocycles. The molecule has 12 heteroatoms. The summed E-state index contributed by atoms with van der Waals surface area (Å²) in [6.45, 7) is 6.07. The zero-order valence-electron chi connectivity index (χ0n) is 55.4. The maximum atomic E-state index is 13.2. The minimum atomic E-state index is -1.90. The molecular weight excluding hydrogens is 1070 g/mol. The number of allylic oxidation sites excluding steroid dienone is 4. The smallest absolute Gasteiger partial charge is 0.335 e. The number of aliphatic carboxylic acids is 1. The van der Waals surface area contributed by atoms with Crippen LogP contribution in [-0.2, 0) is 42.9 Å². The molecule has 0 amide bonds. The van der Waals surface area contributed by atoms with E-state index in [2.05, 4.69) is 45.1 Å². The van der Waals surface area contributed by atoms with Crippen LogP contribution in [0.15, 0.2) is 24.3 Å². The second-order valence-electron chi connectivity index (χ2n) is 25.2. The summed E-state index contributed by atoms with van der Waals surface area (Å²) in [6.07, 6.45) is 61.3. The Bertz CT molecular complexity index is 1570. The van der Waals surface area contributed by atoms with Gasteiger partial charge in [0.25, 0.3) is 0 Å². The second-order valence-corrected chi connectivity index (χ2v) is 25.2. The molecule has 1 aliphatic heterocycles. The molecule has 12 nitrogen and oxygen atoms in total. The van der Waals surface area contributed by atoms with Crippen molar-refractivity contribution in [3.63, 3.8) is 0 Å². The van der Waals surface area contributed by atoms with Crippen LogP contribution in [0.25, 0.3) is 0 Å². The average molecular weight is 1200 g/mol. The molecule has 0 bridgehead atoms. The maximum Gasteiger partial charge on any atom is 0.335 e. The molecular formula is C73H134O12. The number of aliphatic hydroxyl groups is 2. The summed E-state index contributed by atoms with van der Waals surface area (Å²) in [6, 6.07) is 0. The molecule has 6 atom stereocenters. The van der Waals surface area contributed by atoms with E-state index in [1.165, 1.54) is 238 Å². The summed E-state index contributed by atoms with van der Waals surface area (Å²) in [5.41, 5.74) is 0. The van der Waals surface area contributed by atoms with Crippen LogP contribution in [0.2, 0.25) is 0 Å². The van der Waals surface area contributed by atoms with Gasteiger partial charge in [-0.05, 0) is 70.6 Å². The summed E-state index contributed by atoms with van der Waals surface area (Å²) < 4.78 is 28.7. The molecule has 1 rings (SSSR count). The van der Waals surface area contributed by atoms with Gasteiger partial charge in [-0.3, -0.25) is 14.4 Å². The fraction of sp³-hybridized carbons (Fsp3) is 0.890. The normalized spacial score (nSPS) is 17.5. The molecule has 0 aromatic carbocycles. The van der Waals surface area contributed by atoms with E-state index in [4.69, 9.17) is 23.7 Å². The highest BCUT2D eigenvalue weighted by molar-refractivity contribution is 5.74. The van der Waals surface area contributed by atoms with Crippen LogP contribution in [0.1, 0.15) is 367 Å². The number of hydrogen-bond acceptors (Lipinski definition) is 11. The molecule has 0 aromatic heterocycles. The third-order valence-electron chi connectivity index (χ3n) is 17.0. The molecule has 1 saturated heterocycles. The lowest BCUT2D eigenvalue weighted by Crippen LogP contribution is -2.61. The van der Waals surface area contributed by atoms with Gasteiger partial charge in [0, 0.05) is 19.3 Å². The van der Waals surface area contributed by atoms with Gasteiger partial charge in [0.05, 0.1) is 6.61 Å². The number of carbonyl (C=O) groups is 4. The molecule has 85 heavy (non-hydrogen) atoms. The van der Waals surface area contributed by atoms with Crippen LogP contribution < -0.4 is 0 Å². The number of esters is 3. The standard InChI is InChI=1S/C73H134O12/c1-4-7-10-13-16-19-22-25-28-31-33-36-38-41-44-47-50-53-56-59-65(74)81-62-64(83-66(75)60-57-54-51-48-45-42-39-35-30-27-24-21-18-15-12-9-6-3)63-82-73-71(69(78)68(77)70(85-73)72(79)80)84-67(76)61-58-55-52-49-46-43-40-37-34-32-29-26-23-20-17-14-11-8-5-2/h25-26,28-29,64,68-71,73,77-78H,4-24,27,30-63H2,1-3H3,(H,79,80)/b28-25-,29-26-. The van der Waals surface area contributed by atoms with Gasteiger partial charge in [0.15, 0.2) is 24.6 Å². The third kappa shape index (κ3) is 50.7. The van der Waals surface area contributed by atoms with Crippen molar-refractivity contribution >= 4 is 23.9 Å². The Morgan fingerprint density at radius 1 is 0.376 bits per heavy atom. The van der Waals surface area contributed by atoms with Crippen molar-refractivity contribution in [1.29, 1.82) is 0 Å². The van der Waals surface area contributed by atoms with Gasteiger partial charge < -0.3 is 39.0 Å². The first-order valence-electron chi connectivity index (χ1n) is 36.3. The van der Waals surface area contributed by atoms with Gasteiger partial charge in [-0.15, -0.1) is 0 Å². The largest absolute Gasteiger partial charge is 0.479 e. The molecule has 1 aliphatic rings. The summed E-state index contributed by atoms with van der Waals surface area (Å²) in [5.74, 6) is -3.07. The van der Waals surface area contributed by atoms with Gasteiger partial charge in [-0.25, -0.2) is 4.79 Å². The Hall–Kier alpha value is -2.80. The van der Waals surface area contributed by atoms with E-state index in [0.29, 0.717) is 19.3 Å². The number of carboxylic acids is 1. The first-order valence-corrected chi connectivity index (χ1v) is 36.3. The van der Waals surface area contributed by atoms with Crippen LogP contribution >= 0.6 is 0 Å². The Labute approximate surface area is 521 Å². The number of carboxylic acid groups (broad SMARTS) is 1. The highest BCUT2D eigenvalue weighted by Gasteiger charge is 2.50. The lowest BCUT2D eigenvalue weighted by atomic mass is 9.98. The molecule has 0 saturated carbocycles. The van der Waals surface area contributed by atoms with E-state index in [-0.39, 0.29) is 25.9 Å². The Balaban J connectivity index is 2.60. The third-order valence-corrected chi connectivity index (χ3v) is 17.0. The number of rotatable bonds is 64. The quantitative estimate of drug-likeness (QED) is 0.0228. The SMILES string of the molecule is CCCCCCCC/C=C\CCCCCCCCCCCC(=O)OCC(COC1OC(C(=O)O)C(O)C(O)C1OC(=O)CCCCCCCCCCC/C=C\CCCCCCCC)OC(=O)CCCCCCCCCCCCCCCCCCC. The van der Waals surface area contributed by atoms with Crippen molar-refractivity contribution in [1.82, 2.24) is 0 Å². The Morgan fingerprint density at radius 3 is 1.00 bits per heavy atom. The Morgan fingerprint density at radius 2 is 0.671 bits per heavy atom. The molecule has 1 heterocycles. The summed E-state index contributed by atoms with van der Waals surface area (Å²) in [4.78, 5) is 51.5. The van der Waals surface area contributed by atoms with E-state index in [1.807, 2.05) is 0 Å². The number of carbonyl (C=O) groups excluding carboxylic acids is 3. The molecule has 0 radical (unpaired) electrons. The summed E-state index contributed by atoms with van der Waals surface area (Å²) >= 11 is 0. The zero-order valence-corrected chi connectivity index (χ0v) is 55.4. The van der Waals surface area contributed by atoms with Crippen molar-refractivity contribution in [3.05, 3.63) is 24.3 Å². The van der Waals surface area contributed by atoms with Crippen molar-refractivity contribution in [2.75, 3.05) is 13.2 Å². The molecule has 6 unspecified atom stereocenters. The van der Waals surface area contributed by atoms with Gasteiger partial charge in [0.2, 0.25) is 0 Å². The van der Waals surface area contributed by atoms with Crippen LogP contribution in [0.5, 0.6) is 0 Å². The number of aliphatic hydroxyl groups excluding tert-OH is 2. The van der Waals surface area contributed by atoms with Crippen molar-refractivity contribution in [2.45, 2.75) is 404 Å². The minimum absolute atomic E-state index is 0.0635. The summed E-state index contributed by atoms with van der Waals surface area (Å²) in [7, 11) is 0. The highest BCUT2D eigenvalue weighted by Crippen LogP contribution is 2.27. The predicted octanol–water partition coefficient (Wildman–Crippen LogP) is 20.1. The zero-order chi connectivity index (χ0) is 61.7. The number of ether oxygens (including phenoxy) is 5. The van der Waals surface area contributed by atoms with E-state index in [9.17, 15) is 34.5 Å². The fourth-order valence-corrected chi connectivity index (χ4v) is 11.4. The lowest BCUT2D eigenvalue weighted by molar-refractivity contribution is -0.301. The summed E-state index contributed by atoms with van der Waals surface area (Å²) in [5, 5.41) is 31.7. The molecule has 0 spiro atoms. The number of unbranched alkanes of at least 4 members (excludes halogenated alkanes) is 46. The van der Waals surface area contributed by atoms with E-state index in [0.717, 1.165) is 70.6 Å². The highest BCUT2D eigenvalue weighted by atomic mass is 16.7. The van der Waals surface area contributed by atoms with Crippen molar-refractivity contribution in [2.24, 2.45) is 0 Å². The van der Waals surface area contributed by atoms with Crippen LogP contribution in [-0.4, -0.2) is 89.2 Å². The Kier molecular flexibility index (Phi) is 58.0. The van der Waals surface area contributed by atoms with E-state index in [1.54, 1.807) is 0 Å². The predicted molar refractivity (Wildman–Crippen MR) is 350 cm³/mol. The molecule has 3 N–H and O–H groups in total. The van der Waals surface area contributed by atoms with Gasteiger partial charge >= 0.3 is 23.9 Å². The molecule has 1 fully saturated rings. The lowest BCUT2D eigenvalue weighted by Gasteiger charge is -2.40. The second kappa shape index (κ2) is 61.4. The molecule has 498 valence electrons. The van der Waals surface area contributed by atoms with Crippen molar-refractivity contribution in [3.8, 4) is 0 Å². The topological polar surface area (TPSA) is 175 Å². The fourth-order valence-electron chi connectivity index (χ4n) is 11.4.